The minimum absolute atomic E-state index is 0.0725. The van der Waals surface area contributed by atoms with E-state index < -0.39 is 23.9 Å². The fraction of sp³-hybridized carbons (Fsp3) is 0.667. The molecule has 1 aromatic carbocycles. The van der Waals surface area contributed by atoms with Gasteiger partial charge < -0.3 is 18.8 Å². The van der Waals surface area contributed by atoms with Gasteiger partial charge in [0.25, 0.3) is 0 Å². The molecule has 0 spiro atoms. The summed E-state index contributed by atoms with van der Waals surface area (Å²) >= 11 is 0. The molecule has 1 saturated heterocycles. The highest BCUT2D eigenvalue weighted by atomic mass is 19.1. The van der Waals surface area contributed by atoms with Gasteiger partial charge in [-0.1, -0.05) is 6.07 Å². The fourth-order valence-electron chi connectivity index (χ4n) is 2.84. The Morgan fingerprint density at radius 2 is 1.67 bits per heavy atom. The lowest BCUT2D eigenvalue weighted by Crippen LogP contribution is -2.42. The topological polar surface area (TPSA) is 36.9 Å². The van der Waals surface area contributed by atoms with Crippen LogP contribution in [0.2, 0.25) is 0 Å². The molecule has 1 aromatic rings. The molecule has 0 aliphatic carbocycles. The lowest BCUT2D eigenvalue weighted by Gasteiger charge is -2.32. The van der Waals surface area contributed by atoms with Gasteiger partial charge in [0, 0.05) is 12.7 Å². The molecule has 1 heterocycles. The second kappa shape index (κ2) is 6.41. The summed E-state index contributed by atoms with van der Waals surface area (Å²) in [7, 11) is 0.890. The van der Waals surface area contributed by atoms with Gasteiger partial charge >= 0.3 is 7.12 Å². The monoisotopic (exact) mass is 338 g/mol. The highest BCUT2D eigenvalue weighted by Gasteiger charge is 2.53. The zero-order valence-corrected chi connectivity index (χ0v) is 16.0. The van der Waals surface area contributed by atoms with Crippen molar-refractivity contribution in [2.75, 3.05) is 13.9 Å². The molecule has 0 aromatic heterocycles. The number of hydrogen-bond donors (Lipinski definition) is 0. The smallest absolute Gasteiger partial charge is 0.399 e. The molecule has 1 aliphatic heterocycles. The van der Waals surface area contributed by atoms with Crippen LogP contribution >= 0.6 is 0 Å². The van der Waals surface area contributed by atoms with Crippen molar-refractivity contribution in [3.63, 3.8) is 0 Å². The standard InChI is InChI=1S/C18H28BFO4/c1-12-9-13(19-23-17(4,5)18(6,7)24-19)15(14(20)10-12)16(2,3)22-11-21-8/h9-10H,11H2,1-8H3. The first-order valence-corrected chi connectivity index (χ1v) is 8.20. The summed E-state index contributed by atoms with van der Waals surface area (Å²) in [6.45, 7) is 13.5. The van der Waals surface area contributed by atoms with Crippen LogP contribution in [-0.4, -0.2) is 32.2 Å². The van der Waals surface area contributed by atoms with Gasteiger partial charge in [-0.25, -0.2) is 4.39 Å². The van der Waals surface area contributed by atoms with E-state index in [1.54, 1.807) is 0 Å². The molecule has 0 unspecified atom stereocenters. The molecule has 0 radical (unpaired) electrons. The van der Waals surface area contributed by atoms with E-state index in [1.165, 1.54) is 13.2 Å². The average Bonchev–Trinajstić information content (AvgIpc) is 2.64. The van der Waals surface area contributed by atoms with E-state index in [-0.39, 0.29) is 12.6 Å². The van der Waals surface area contributed by atoms with Crippen LogP contribution in [0.4, 0.5) is 4.39 Å². The molecule has 2 rings (SSSR count). The number of hydrogen-bond acceptors (Lipinski definition) is 4. The summed E-state index contributed by atoms with van der Waals surface area (Å²) in [6.07, 6.45) is 0. The molecule has 0 bridgehead atoms. The number of halogens is 1. The molecular formula is C18H28BFO4. The van der Waals surface area contributed by atoms with E-state index in [0.717, 1.165) is 5.56 Å². The Hall–Kier alpha value is -0.945. The third-order valence-corrected chi connectivity index (χ3v) is 4.91. The molecule has 24 heavy (non-hydrogen) atoms. The molecule has 0 amide bonds. The van der Waals surface area contributed by atoms with Crippen LogP contribution in [0.3, 0.4) is 0 Å². The minimum Gasteiger partial charge on any atom is -0.399 e. The molecule has 1 fully saturated rings. The van der Waals surface area contributed by atoms with Crippen molar-refractivity contribution in [1.29, 1.82) is 0 Å². The molecule has 0 saturated carbocycles. The first-order chi connectivity index (χ1) is 10.9. The van der Waals surface area contributed by atoms with Crippen LogP contribution in [0.15, 0.2) is 12.1 Å². The number of ether oxygens (including phenoxy) is 2. The van der Waals surface area contributed by atoms with Crippen molar-refractivity contribution in [3.8, 4) is 0 Å². The first kappa shape index (κ1) is 19.4. The van der Waals surface area contributed by atoms with Gasteiger partial charge in [0.15, 0.2) is 0 Å². The summed E-state index contributed by atoms with van der Waals surface area (Å²) < 4.78 is 37.8. The minimum atomic E-state index is -0.882. The van der Waals surface area contributed by atoms with Gasteiger partial charge in [-0.15, -0.1) is 0 Å². The van der Waals surface area contributed by atoms with E-state index >= 15 is 0 Å². The third-order valence-electron chi connectivity index (χ3n) is 4.91. The van der Waals surface area contributed by atoms with Crippen molar-refractivity contribution in [2.45, 2.75) is 65.3 Å². The predicted molar refractivity (Wildman–Crippen MR) is 92.8 cm³/mol. The van der Waals surface area contributed by atoms with Crippen LogP contribution < -0.4 is 5.46 Å². The molecule has 0 N–H and O–H groups in total. The van der Waals surface area contributed by atoms with Crippen LogP contribution in [0, 0.1) is 12.7 Å². The van der Waals surface area contributed by atoms with Crippen molar-refractivity contribution in [1.82, 2.24) is 0 Å². The van der Waals surface area contributed by atoms with Crippen molar-refractivity contribution in [2.24, 2.45) is 0 Å². The Morgan fingerprint density at radius 1 is 1.12 bits per heavy atom. The summed E-state index contributed by atoms with van der Waals surface area (Å²) in [5.41, 5.74) is 0.0333. The Kier molecular flexibility index (Phi) is 5.18. The maximum atomic E-state index is 14.8. The lowest BCUT2D eigenvalue weighted by atomic mass is 9.71. The largest absolute Gasteiger partial charge is 0.495 e. The Bertz CT molecular complexity index is 597. The summed E-state index contributed by atoms with van der Waals surface area (Å²) in [4.78, 5) is 0. The van der Waals surface area contributed by atoms with Crippen molar-refractivity contribution >= 4 is 12.6 Å². The van der Waals surface area contributed by atoms with Crippen molar-refractivity contribution in [3.05, 3.63) is 29.1 Å². The number of methoxy groups -OCH3 is 1. The van der Waals surface area contributed by atoms with Gasteiger partial charge in [-0.3, -0.25) is 0 Å². The summed E-state index contributed by atoms with van der Waals surface area (Å²) in [6, 6.07) is 3.40. The van der Waals surface area contributed by atoms with E-state index in [4.69, 9.17) is 18.8 Å². The van der Waals surface area contributed by atoms with Crippen LogP contribution in [0.1, 0.15) is 52.7 Å². The van der Waals surface area contributed by atoms with Crippen molar-refractivity contribution < 1.29 is 23.2 Å². The zero-order valence-electron chi connectivity index (χ0n) is 16.0. The van der Waals surface area contributed by atoms with Crippen LogP contribution in [0.5, 0.6) is 0 Å². The normalized spacial score (nSPS) is 19.8. The lowest BCUT2D eigenvalue weighted by molar-refractivity contribution is -0.119. The predicted octanol–water partition coefficient (Wildman–Crippen LogP) is 3.29. The quantitative estimate of drug-likeness (QED) is 0.610. The van der Waals surface area contributed by atoms with Gasteiger partial charge in [0.2, 0.25) is 0 Å². The van der Waals surface area contributed by atoms with E-state index in [0.29, 0.717) is 11.0 Å². The van der Waals surface area contributed by atoms with E-state index in [2.05, 4.69) is 0 Å². The average molecular weight is 338 g/mol. The molecule has 6 heteroatoms. The Labute approximate surface area is 144 Å². The number of benzene rings is 1. The van der Waals surface area contributed by atoms with Crippen LogP contribution in [0.25, 0.3) is 0 Å². The third kappa shape index (κ3) is 3.52. The molecule has 4 nitrogen and oxygen atoms in total. The maximum absolute atomic E-state index is 14.8. The first-order valence-electron chi connectivity index (χ1n) is 8.20. The molecular weight excluding hydrogens is 310 g/mol. The van der Waals surface area contributed by atoms with Crippen LogP contribution in [-0.2, 0) is 24.4 Å². The second-order valence-corrected chi connectivity index (χ2v) is 7.86. The molecule has 1 aliphatic rings. The summed E-state index contributed by atoms with van der Waals surface area (Å²) in [5.74, 6) is -0.333. The van der Waals surface area contributed by atoms with Gasteiger partial charge in [-0.05, 0) is 65.6 Å². The summed E-state index contributed by atoms with van der Waals surface area (Å²) in [5, 5.41) is 0. The Balaban J connectivity index is 2.51. The SMILES string of the molecule is COCOC(C)(C)c1c(F)cc(C)cc1B1OC(C)(C)C(C)(C)O1. The molecule has 0 atom stereocenters. The fourth-order valence-corrected chi connectivity index (χ4v) is 2.84. The van der Waals surface area contributed by atoms with Gasteiger partial charge in [0.1, 0.15) is 12.6 Å². The van der Waals surface area contributed by atoms with Gasteiger partial charge in [0.05, 0.1) is 16.8 Å². The highest BCUT2D eigenvalue weighted by molar-refractivity contribution is 6.62. The number of aryl methyl sites for hydroxylation is 1. The van der Waals surface area contributed by atoms with E-state index in [9.17, 15) is 4.39 Å². The number of rotatable bonds is 5. The zero-order chi connectivity index (χ0) is 18.3. The highest BCUT2D eigenvalue weighted by Crippen LogP contribution is 2.38. The maximum Gasteiger partial charge on any atom is 0.495 e. The van der Waals surface area contributed by atoms with Gasteiger partial charge in [-0.2, -0.15) is 0 Å². The Morgan fingerprint density at radius 3 is 2.17 bits per heavy atom. The second-order valence-electron chi connectivity index (χ2n) is 7.86. The molecule has 134 valence electrons. The van der Waals surface area contributed by atoms with E-state index in [1.807, 2.05) is 54.5 Å².